The average Bonchev–Trinajstić information content (AvgIpc) is 3.19. The Labute approximate surface area is 154 Å². The van der Waals surface area contributed by atoms with Gasteiger partial charge in [-0.2, -0.15) is 5.10 Å². The second-order valence-electron chi connectivity index (χ2n) is 6.37. The van der Waals surface area contributed by atoms with Gasteiger partial charge in [0.05, 0.1) is 17.3 Å². The van der Waals surface area contributed by atoms with Gasteiger partial charge in [0.1, 0.15) is 5.82 Å². The van der Waals surface area contributed by atoms with Gasteiger partial charge in [0.15, 0.2) is 0 Å². The van der Waals surface area contributed by atoms with Gasteiger partial charge in [0, 0.05) is 57.6 Å². The summed E-state index contributed by atoms with van der Waals surface area (Å²) in [7, 11) is 2.07. The van der Waals surface area contributed by atoms with Crippen LogP contribution >= 0.6 is 12.4 Å². The first-order valence-electron chi connectivity index (χ1n) is 8.64. The van der Waals surface area contributed by atoms with E-state index < -0.39 is 0 Å². The summed E-state index contributed by atoms with van der Waals surface area (Å²) in [6, 6.07) is 8.80. The number of piperazine rings is 1. The number of imidazole rings is 1. The summed E-state index contributed by atoms with van der Waals surface area (Å²) in [5.41, 5.74) is 2.38. The van der Waals surface area contributed by atoms with E-state index in [9.17, 15) is 0 Å². The molecule has 1 saturated heterocycles. The third-order valence-corrected chi connectivity index (χ3v) is 4.90. The summed E-state index contributed by atoms with van der Waals surface area (Å²) in [5.74, 6) is 1.11. The van der Waals surface area contributed by atoms with Gasteiger partial charge in [-0.3, -0.25) is 9.58 Å². The van der Waals surface area contributed by atoms with Crippen LogP contribution < -0.4 is 5.32 Å². The molecule has 6 nitrogen and oxygen atoms in total. The fraction of sp³-hybridized carbons (Fsp3) is 0.444. The third kappa shape index (κ3) is 3.29. The third-order valence-electron chi connectivity index (χ3n) is 4.90. The van der Waals surface area contributed by atoms with E-state index in [0.29, 0.717) is 0 Å². The number of halogens is 1. The maximum absolute atomic E-state index is 4.87. The maximum Gasteiger partial charge on any atom is 0.127 e. The van der Waals surface area contributed by atoms with Crippen LogP contribution in [0, 0.1) is 0 Å². The number of para-hydroxylation sites is 1. The zero-order valence-electron chi connectivity index (χ0n) is 14.7. The Balaban J connectivity index is 0.00000182. The molecule has 1 aliphatic heterocycles. The van der Waals surface area contributed by atoms with Gasteiger partial charge >= 0.3 is 0 Å². The van der Waals surface area contributed by atoms with Crippen LogP contribution in [0.1, 0.15) is 24.5 Å². The Morgan fingerprint density at radius 3 is 2.88 bits per heavy atom. The molecule has 0 aliphatic carbocycles. The molecule has 4 rings (SSSR count). The molecule has 1 fully saturated rings. The van der Waals surface area contributed by atoms with Gasteiger partial charge < -0.3 is 9.88 Å². The zero-order valence-corrected chi connectivity index (χ0v) is 15.5. The first-order chi connectivity index (χ1) is 11.8. The molecule has 1 atom stereocenters. The molecule has 25 heavy (non-hydrogen) atoms. The number of aromatic nitrogens is 4. The van der Waals surface area contributed by atoms with Crippen molar-refractivity contribution in [2.24, 2.45) is 7.05 Å². The molecule has 0 radical (unpaired) electrons. The van der Waals surface area contributed by atoms with Crippen molar-refractivity contribution in [1.82, 2.24) is 29.5 Å². The molecular weight excluding hydrogens is 336 g/mol. The summed E-state index contributed by atoms with van der Waals surface area (Å²) in [6.07, 6.45) is 3.90. The van der Waals surface area contributed by atoms with Gasteiger partial charge in [-0.25, -0.2) is 4.98 Å². The lowest BCUT2D eigenvalue weighted by molar-refractivity contribution is 0.143. The summed E-state index contributed by atoms with van der Waals surface area (Å²) < 4.78 is 4.22. The van der Waals surface area contributed by atoms with Crippen molar-refractivity contribution in [2.75, 3.05) is 19.6 Å². The highest BCUT2D eigenvalue weighted by molar-refractivity contribution is 5.85. The van der Waals surface area contributed by atoms with Crippen LogP contribution in [0.5, 0.6) is 0 Å². The minimum absolute atomic E-state index is 0. The number of nitrogens with one attached hydrogen (secondary N) is 1. The van der Waals surface area contributed by atoms with Crippen LogP contribution in [0.4, 0.5) is 0 Å². The van der Waals surface area contributed by atoms with E-state index in [1.54, 1.807) is 0 Å². The molecule has 134 valence electrons. The van der Waals surface area contributed by atoms with Gasteiger partial charge in [0.2, 0.25) is 0 Å². The van der Waals surface area contributed by atoms with Crippen molar-refractivity contribution >= 4 is 23.3 Å². The number of nitrogens with zero attached hydrogens (tertiary/aromatic N) is 5. The van der Waals surface area contributed by atoms with Crippen LogP contribution in [0.25, 0.3) is 10.9 Å². The minimum atomic E-state index is 0. The molecule has 1 unspecified atom stereocenters. The van der Waals surface area contributed by atoms with E-state index in [2.05, 4.69) is 62.7 Å². The maximum atomic E-state index is 4.87. The van der Waals surface area contributed by atoms with E-state index in [1.807, 2.05) is 12.4 Å². The largest absolute Gasteiger partial charge is 0.337 e. The number of hydrogen-bond acceptors (Lipinski definition) is 4. The molecule has 0 spiro atoms. The lowest BCUT2D eigenvalue weighted by atomic mass is 10.1. The van der Waals surface area contributed by atoms with Gasteiger partial charge in [-0.1, -0.05) is 18.2 Å². The number of hydrogen-bond donors (Lipinski definition) is 1. The van der Waals surface area contributed by atoms with Crippen molar-refractivity contribution in [3.05, 3.63) is 48.2 Å². The average molecular weight is 361 g/mol. The lowest BCUT2D eigenvalue weighted by Gasteiger charge is -2.35. The van der Waals surface area contributed by atoms with Crippen molar-refractivity contribution in [2.45, 2.75) is 26.1 Å². The first-order valence-corrected chi connectivity index (χ1v) is 8.64. The van der Waals surface area contributed by atoms with Crippen molar-refractivity contribution < 1.29 is 0 Å². The molecule has 1 aromatic carbocycles. The quantitative estimate of drug-likeness (QED) is 0.776. The van der Waals surface area contributed by atoms with Crippen molar-refractivity contribution in [1.29, 1.82) is 0 Å². The van der Waals surface area contributed by atoms with E-state index >= 15 is 0 Å². The molecular formula is C18H25ClN6. The Bertz CT molecular complexity index is 839. The van der Waals surface area contributed by atoms with E-state index in [0.717, 1.165) is 44.2 Å². The van der Waals surface area contributed by atoms with Gasteiger partial charge in [0.25, 0.3) is 0 Å². The minimum Gasteiger partial charge on any atom is -0.337 e. The lowest BCUT2D eigenvalue weighted by Crippen LogP contribution is -2.46. The normalized spacial score (nSPS) is 18.4. The Hall–Kier alpha value is -1.89. The van der Waals surface area contributed by atoms with E-state index in [-0.39, 0.29) is 18.4 Å². The van der Waals surface area contributed by atoms with Gasteiger partial charge in [-0.15, -0.1) is 12.4 Å². The highest BCUT2D eigenvalue weighted by Gasteiger charge is 2.28. The highest BCUT2D eigenvalue weighted by atomic mass is 35.5. The first kappa shape index (κ1) is 17.9. The topological polar surface area (TPSA) is 50.9 Å². The van der Waals surface area contributed by atoms with Crippen LogP contribution in [0.3, 0.4) is 0 Å². The summed E-state index contributed by atoms with van der Waals surface area (Å²) >= 11 is 0. The molecule has 1 N–H and O–H groups in total. The molecule has 7 heteroatoms. The number of rotatable bonds is 4. The fourth-order valence-electron chi connectivity index (χ4n) is 3.63. The van der Waals surface area contributed by atoms with Crippen LogP contribution in [-0.2, 0) is 20.1 Å². The fourth-order valence-corrected chi connectivity index (χ4v) is 3.63. The molecule has 0 bridgehead atoms. The molecule has 3 aromatic rings. The SMILES string of the molecule is CCn1nc(CN2CCNCC2c2nccn2C)c2ccccc21.Cl. The van der Waals surface area contributed by atoms with Crippen LogP contribution in [-0.4, -0.2) is 43.9 Å². The predicted molar refractivity (Wildman–Crippen MR) is 102 cm³/mol. The Morgan fingerprint density at radius 2 is 2.12 bits per heavy atom. The predicted octanol–water partition coefficient (Wildman–Crippen LogP) is 2.36. The number of benzene rings is 1. The Morgan fingerprint density at radius 1 is 1.28 bits per heavy atom. The monoisotopic (exact) mass is 360 g/mol. The molecule has 0 amide bonds. The van der Waals surface area contributed by atoms with Crippen molar-refractivity contribution in [3.63, 3.8) is 0 Å². The number of fused-ring (bicyclic) bond motifs is 1. The molecule has 2 aromatic heterocycles. The highest BCUT2D eigenvalue weighted by Crippen LogP contribution is 2.25. The van der Waals surface area contributed by atoms with Crippen LogP contribution in [0.15, 0.2) is 36.7 Å². The second-order valence-corrected chi connectivity index (χ2v) is 6.37. The number of aryl methyl sites for hydroxylation is 2. The van der Waals surface area contributed by atoms with E-state index in [4.69, 9.17) is 5.10 Å². The second kappa shape index (κ2) is 7.56. The van der Waals surface area contributed by atoms with Crippen LogP contribution in [0.2, 0.25) is 0 Å². The smallest absolute Gasteiger partial charge is 0.127 e. The summed E-state index contributed by atoms with van der Waals surface area (Å²) in [6.45, 7) is 6.83. The van der Waals surface area contributed by atoms with Crippen molar-refractivity contribution in [3.8, 4) is 0 Å². The van der Waals surface area contributed by atoms with E-state index in [1.165, 1.54) is 10.9 Å². The molecule has 3 heterocycles. The summed E-state index contributed by atoms with van der Waals surface area (Å²) in [4.78, 5) is 7.06. The standard InChI is InChI=1S/C18H24N6.ClH/c1-3-24-16-7-5-4-6-14(16)15(21-24)13-23-11-8-19-12-17(23)18-20-9-10-22(18)2;/h4-7,9-10,17,19H,3,8,11-13H2,1-2H3;1H. The zero-order chi connectivity index (χ0) is 16.5. The Kier molecular flexibility index (Phi) is 5.42. The molecule has 0 saturated carbocycles. The summed E-state index contributed by atoms with van der Waals surface area (Å²) in [5, 5.41) is 9.63. The molecule has 1 aliphatic rings. The van der Waals surface area contributed by atoms with Gasteiger partial charge in [-0.05, 0) is 13.0 Å².